The summed E-state index contributed by atoms with van der Waals surface area (Å²) < 4.78 is 5.24. The molecule has 3 rings (SSSR count). The molecule has 0 bridgehead atoms. The van der Waals surface area contributed by atoms with Gasteiger partial charge in [-0.05, 0) is 42.2 Å². The first-order valence-corrected chi connectivity index (χ1v) is 7.62. The van der Waals surface area contributed by atoms with E-state index in [1.807, 2.05) is 30.3 Å². The number of hydrogen-bond acceptors (Lipinski definition) is 5. The van der Waals surface area contributed by atoms with Crippen molar-refractivity contribution >= 4 is 11.8 Å². The van der Waals surface area contributed by atoms with Gasteiger partial charge < -0.3 is 9.63 Å². The van der Waals surface area contributed by atoms with Crippen LogP contribution in [0.5, 0.6) is 5.75 Å². The predicted octanol–water partition coefficient (Wildman–Crippen LogP) is 4.22. The van der Waals surface area contributed by atoms with Crippen LogP contribution in [0, 0.1) is 0 Å². The van der Waals surface area contributed by atoms with E-state index in [-0.39, 0.29) is 5.75 Å². The number of aromatic nitrogens is 2. The van der Waals surface area contributed by atoms with Crippen LogP contribution in [0.1, 0.15) is 6.92 Å². The summed E-state index contributed by atoms with van der Waals surface area (Å²) in [5.74, 6) is 2.00. The van der Waals surface area contributed by atoms with Crippen LogP contribution in [0.15, 0.2) is 57.9 Å². The summed E-state index contributed by atoms with van der Waals surface area (Å²) in [6.07, 6.45) is 0. The van der Waals surface area contributed by atoms with Crippen molar-refractivity contribution in [2.75, 3.05) is 5.75 Å². The number of phenolic OH excluding ortho intramolecular Hbond substituents is 1. The third-order valence-electron chi connectivity index (χ3n) is 2.98. The van der Waals surface area contributed by atoms with E-state index in [9.17, 15) is 5.11 Å². The molecule has 4 nitrogen and oxygen atoms in total. The predicted molar refractivity (Wildman–Crippen MR) is 83.2 cm³/mol. The molecule has 1 N–H and O–H groups in total. The first-order valence-electron chi connectivity index (χ1n) is 6.63. The molecule has 21 heavy (non-hydrogen) atoms. The normalized spacial score (nSPS) is 10.7. The van der Waals surface area contributed by atoms with Crippen molar-refractivity contribution in [3.63, 3.8) is 0 Å². The highest BCUT2D eigenvalue weighted by molar-refractivity contribution is 7.99. The molecule has 0 amide bonds. The Bertz CT molecular complexity index is 738. The third kappa shape index (κ3) is 2.92. The van der Waals surface area contributed by atoms with Crippen molar-refractivity contribution in [1.29, 1.82) is 0 Å². The number of para-hydroxylation sites is 1. The highest BCUT2D eigenvalue weighted by Crippen LogP contribution is 2.29. The second-order valence-corrected chi connectivity index (χ2v) is 5.74. The number of nitrogens with zero attached hydrogens (tertiary/aromatic N) is 2. The number of aromatic hydroxyl groups is 1. The molecule has 0 unspecified atom stereocenters. The molecule has 3 aromatic rings. The number of phenols is 1. The molecular weight excluding hydrogens is 284 g/mol. The molecule has 0 aliphatic heterocycles. The number of thioether (sulfide) groups is 1. The Labute approximate surface area is 126 Å². The number of hydrogen-bond donors (Lipinski definition) is 1. The van der Waals surface area contributed by atoms with Gasteiger partial charge in [0.25, 0.3) is 5.89 Å². The minimum absolute atomic E-state index is 0.127. The van der Waals surface area contributed by atoms with Crippen LogP contribution in [-0.4, -0.2) is 21.0 Å². The molecule has 5 heteroatoms. The number of rotatable bonds is 4. The highest BCUT2D eigenvalue weighted by Gasteiger charge is 2.13. The van der Waals surface area contributed by atoms with Gasteiger partial charge in [-0.3, -0.25) is 0 Å². The van der Waals surface area contributed by atoms with E-state index in [1.165, 1.54) is 4.90 Å². The number of benzene rings is 2. The fraction of sp³-hybridized carbons (Fsp3) is 0.125. The Hall–Kier alpha value is -2.27. The van der Waals surface area contributed by atoms with Gasteiger partial charge in [0.15, 0.2) is 0 Å². The Morgan fingerprint density at radius 2 is 1.86 bits per heavy atom. The fourth-order valence-corrected chi connectivity index (χ4v) is 2.63. The summed E-state index contributed by atoms with van der Waals surface area (Å²) in [7, 11) is 0. The average molecular weight is 298 g/mol. The van der Waals surface area contributed by atoms with E-state index >= 15 is 0 Å². The van der Waals surface area contributed by atoms with Crippen LogP contribution in [0.4, 0.5) is 0 Å². The Kier molecular flexibility index (Phi) is 3.92. The molecule has 106 valence electrons. The summed E-state index contributed by atoms with van der Waals surface area (Å²) in [5.41, 5.74) is 1.43. The smallest absolute Gasteiger partial charge is 0.261 e. The highest BCUT2D eigenvalue weighted by atomic mass is 32.2. The van der Waals surface area contributed by atoms with Crippen molar-refractivity contribution in [1.82, 2.24) is 10.1 Å². The zero-order chi connectivity index (χ0) is 14.7. The molecule has 2 aromatic carbocycles. The van der Waals surface area contributed by atoms with Crippen LogP contribution in [0.2, 0.25) is 0 Å². The topological polar surface area (TPSA) is 59.2 Å². The third-order valence-corrected chi connectivity index (χ3v) is 3.88. The van der Waals surface area contributed by atoms with Gasteiger partial charge in [0, 0.05) is 10.5 Å². The van der Waals surface area contributed by atoms with Gasteiger partial charge in [0.2, 0.25) is 5.82 Å². The fourth-order valence-electron chi connectivity index (χ4n) is 1.97. The van der Waals surface area contributed by atoms with E-state index in [2.05, 4.69) is 17.1 Å². The lowest BCUT2D eigenvalue weighted by Gasteiger charge is -1.99. The van der Waals surface area contributed by atoms with Gasteiger partial charge in [0.05, 0.1) is 5.56 Å². The van der Waals surface area contributed by atoms with Crippen molar-refractivity contribution < 1.29 is 9.63 Å². The second kappa shape index (κ2) is 6.01. The van der Waals surface area contributed by atoms with E-state index in [0.717, 1.165) is 11.3 Å². The lowest BCUT2D eigenvalue weighted by Crippen LogP contribution is -1.82. The van der Waals surface area contributed by atoms with Crippen molar-refractivity contribution in [2.45, 2.75) is 11.8 Å². The lowest BCUT2D eigenvalue weighted by molar-refractivity contribution is 0.426. The largest absolute Gasteiger partial charge is 0.507 e. The Balaban J connectivity index is 1.89. The lowest BCUT2D eigenvalue weighted by atomic mass is 10.2. The van der Waals surface area contributed by atoms with Crippen LogP contribution in [0.25, 0.3) is 22.8 Å². The van der Waals surface area contributed by atoms with Crippen molar-refractivity contribution in [2.24, 2.45) is 0 Å². The van der Waals surface area contributed by atoms with E-state index < -0.39 is 0 Å². The van der Waals surface area contributed by atoms with Gasteiger partial charge in [0.1, 0.15) is 5.75 Å². The monoisotopic (exact) mass is 298 g/mol. The maximum absolute atomic E-state index is 9.81. The molecule has 0 aliphatic carbocycles. The van der Waals surface area contributed by atoms with E-state index in [4.69, 9.17) is 4.52 Å². The van der Waals surface area contributed by atoms with Gasteiger partial charge in [-0.2, -0.15) is 4.98 Å². The molecular formula is C16H14N2O2S. The van der Waals surface area contributed by atoms with Gasteiger partial charge >= 0.3 is 0 Å². The van der Waals surface area contributed by atoms with Gasteiger partial charge in [-0.1, -0.05) is 24.2 Å². The van der Waals surface area contributed by atoms with Gasteiger partial charge in [-0.25, -0.2) is 0 Å². The Morgan fingerprint density at radius 3 is 2.57 bits per heavy atom. The summed E-state index contributed by atoms with van der Waals surface area (Å²) in [6.45, 7) is 2.12. The average Bonchev–Trinajstić information content (AvgIpc) is 2.98. The van der Waals surface area contributed by atoms with Gasteiger partial charge in [-0.15, -0.1) is 11.8 Å². The van der Waals surface area contributed by atoms with Crippen molar-refractivity contribution in [3.05, 3.63) is 48.5 Å². The SMILES string of the molecule is CCSc1ccc(-c2noc(-c3ccccc3O)n2)cc1. The van der Waals surface area contributed by atoms with Crippen LogP contribution in [-0.2, 0) is 0 Å². The first-order chi connectivity index (χ1) is 10.3. The molecule has 0 aliphatic rings. The zero-order valence-corrected chi connectivity index (χ0v) is 12.3. The van der Waals surface area contributed by atoms with E-state index in [1.54, 1.807) is 30.0 Å². The van der Waals surface area contributed by atoms with E-state index in [0.29, 0.717) is 17.3 Å². The maximum Gasteiger partial charge on any atom is 0.261 e. The molecule has 0 saturated heterocycles. The second-order valence-electron chi connectivity index (χ2n) is 4.40. The molecule has 0 radical (unpaired) electrons. The minimum atomic E-state index is 0.127. The quantitative estimate of drug-likeness (QED) is 0.731. The minimum Gasteiger partial charge on any atom is -0.507 e. The molecule has 0 spiro atoms. The summed E-state index contributed by atoms with van der Waals surface area (Å²) >= 11 is 1.79. The summed E-state index contributed by atoms with van der Waals surface area (Å²) in [4.78, 5) is 5.56. The molecule has 0 atom stereocenters. The standard InChI is InChI=1S/C16H14N2O2S/c1-2-21-12-9-7-11(8-10-12)15-17-16(20-18-15)13-5-3-4-6-14(13)19/h3-10,19H,2H2,1H3. The molecule has 0 fully saturated rings. The summed E-state index contributed by atoms with van der Waals surface area (Å²) in [6, 6.07) is 14.9. The summed E-state index contributed by atoms with van der Waals surface area (Å²) in [5, 5.41) is 13.8. The van der Waals surface area contributed by atoms with Crippen LogP contribution in [0.3, 0.4) is 0 Å². The zero-order valence-electron chi connectivity index (χ0n) is 11.5. The van der Waals surface area contributed by atoms with Crippen LogP contribution >= 0.6 is 11.8 Å². The molecule has 1 heterocycles. The first kappa shape index (κ1) is 13.7. The Morgan fingerprint density at radius 1 is 1.10 bits per heavy atom. The molecule has 0 saturated carbocycles. The van der Waals surface area contributed by atoms with Crippen molar-refractivity contribution in [3.8, 4) is 28.6 Å². The molecule has 1 aromatic heterocycles. The maximum atomic E-state index is 9.81. The van der Waals surface area contributed by atoms with Crippen LogP contribution < -0.4 is 0 Å².